The molecule has 2 N–H and O–H groups in total. The number of carbonyl (C=O) groups excluding carboxylic acids is 1. The summed E-state index contributed by atoms with van der Waals surface area (Å²) in [5, 5.41) is 9.49. The Morgan fingerprint density at radius 2 is 2.00 bits per heavy atom. The minimum Gasteiger partial charge on any atom is -0.465 e. The number of carbonyl (C=O) groups is 1. The third-order valence-electron chi connectivity index (χ3n) is 4.58. The van der Waals surface area contributed by atoms with Crippen LogP contribution >= 0.6 is 0 Å². The number of esters is 1. The van der Waals surface area contributed by atoms with Gasteiger partial charge in [-0.1, -0.05) is 17.7 Å². The molecule has 0 amide bonds. The molecule has 6 nitrogen and oxygen atoms in total. The third-order valence-corrected chi connectivity index (χ3v) is 6.05. The molecule has 1 aliphatic carbocycles. The Kier molecular flexibility index (Phi) is 3.96. The highest BCUT2D eigenvalue weighted by molar-refractivity contribution is 7.89. The minimum absolute atomic E-state index is 0.0182. The van der Waals surface area contributed by atoms with E-state index in [1.807, 2.05) is 6.92 Å². The summed E-state index contributed by atoms with van der Waals surface area (Å²) in [6.07, 6.45) is 0.591. The number of rotatable bonds is 4. The fourth-order valence-corrected chi connectivity index (χ4v) is 4.71. The molecule has 4 atom stereocenters. The van der Waals surface area contributed by atoms with Crippen LogP contribution in [0.5, 0.6) is 0 Å². The lowest BCUT2D eigenvalue weighted by Crippen LogP contribution is -2.44. The number of nitrogens with one attached hydrogen (secondary N) is 1. The summed E-state index contributed by atoms with van der Waals surface area (Å²) in [6, 6.07) is 5.89. The molecule has 1 aliphatic heterocycles. The van der Waals surface area contributed by atoms with Crippen LogP contribution in [0.25, 0.3) is 0 Å². The van der Waals surface area contributed by atoms with Gasteiger partial charge in [-0.3, -0.25) is 4.79 Å². The highest BCUT2D eigenvalue weighted by Gasteiger charge is 2.52. The van der Waals surface area contributed by atoms with Gasteiger partial charge in [-0.05, 0) is 31.4 Å². The molecule has 120 valence electrons. The number of hydrogen-bond acceptors (Lipinski definition) is 5. The van der Waals surface area contributed by atoms with E-state index >= 15 is 0 Å². The van der Waals surface area contributed by atoms with Gasteiger partial charge in [-0.25, -0.2) is 13.1 Å². The predicted octanol–water partition coefficient (Wildman–Crippen LogP) is 0.443. The maximum Gasteiger partial charge on any atom is 0.310 e. The van der Waals surface area contributed by atoms with Crippen LogP contribution in [0.2, 0.25) is 0 Å². The van der Waals surface area contributed by atoms with Crippen molar-refractivity contribution < 1.29 is 23.1 Å². The summed E-state index contributed by atoms with van der Waals surface area (Å²) in [6.45, 7) is 2.03. The molecule has 22 heavy (non-hydrogen) atoms. The molecule has 1 aromatic rings. The molecule has 1 heterocycles. The van der Waals surface area contributed by atoms with E-state index in [0.717, 1.165) is 5.56 Å². The predicted molar refractivity (Wildman–Crippen MR) is 78.4 cm³/mol. The Morgan fingerprint density at radius 1 is 1.32 bits per heavy atom. The van der Waals surface area contributed by atoms with Crippen molar-refractivity contribution in [3.63, 3.8) is 0 Å². The lowest BCUT2D eigenvalue weighted by Gasteiger charge is -2.22. The van der Waals surface area contributed by atoms with E-state index in [-0.39, 0.29) is 29.3 Å². The molecule has 0 unspecified atom stereocenters. The zero-order chi connectivity index (χ0) is 15.9. The molecule has 0 spiro atoms. The summed E-state index contributed by atoms with van der Waals surface area (Å²) >= 11 is 0. The van der Waals surface area contributed by atoms with Crippen molar-refractivity contribution >= 4 is 16.0 Å². The Morgan fingerprint density at radius 3 is 2.64 bits per heavy atom. The van der Waals surface area contributed by atoms with E-state index in [1.165, 1.54) is 12.1 Å². The van der Waals surface area contributed by atoms with Crippen molar-refractivity contribution in [1.82, 2.24) is 4.72 Å². The van der Waals surface area contributed by atoms with E-state index < -0.39 is 22.0 Å². The molecule has 2 aliphatic rings. The lowest BCUT2D eigenvalue weighted by molar-refractivity contribution is -0.142. The molecule has 1 aromatic carbocycles. The van der Waals surface area contributed by atoms with Crippen LogP contribution in [0.15, 0.2) is 29.2 Å². The van der Waals surface area contributed by atoms with Crippen LogP contribution in [0.4, 0.5) is 0 Å². The smallest absolute Gasteiger partial charge is 0.310 e. The van der Waals surface area contributed by atoms with E-state index in [4.69, 9.17) is 4.74 Å². The van der Waals surface area contributed by atoms with Crippen LogP contribution in [0.1, 0.15) is 12.0 Å². The first-order chi connectivity index (χ1) is 10.4. The van der Waals surface area contributed by atoms with Crippen molar-refractivity contribution in [2.75, 3.05) is 13.2 Å². The number of aliphatic hydroxyl groups is 1. The van der Waals surface area contributed by atoms with Crippen molar-refractivity contribution in [3.8, 4) is 0 Å². The third kappa shape index (κ3) is 2.64. The van der Waals surface area contributed by atoms with Crippen molar-refractivity contribution in [2.24, 2.45) is 17.8 Å². The largest absolute Gasteiger partial charge is 0.465 e. The van der Waals surface area contributed by atoms with Crippen LogP contribution in [-0.4, -0.2) is 38.7 Å². The van der Waals surface area contributed by atoms with Crippen LogP contribution < -0.4 is 4.72 Å². The molecular formula is C15H19NO5S. The van der Waals surface area contributed by atoms with E-state index in [0.29, 0.717) is 13.0 Å². The number of benzene rings is 1. The van der Waals surface area contributed by atoms with Crippen LogP contribution in [0.3, 0.4) is 0 Å². The molecule has 1 saturated carbocycles. The number of hydrogen-bond donors (Lipinski definition) is 2. The molecule has 0 bridgehead atoms. The summed E-state index contributed by atoms with van der Waals surface area (Å²) in [7, 11) is -3.73. The Hall–Kier alpha value is -1.44. The SMILES string of the molecule is Cc1ccc(S(=O)(=O)N[C@@H]2[C@@H](CO)C[C@H]3COC(=O)[C@H]32)cc1. The molecule has 0 aromatic heterocycles. The average molecular weight is 325 g/mol. The second kappa shape index (κ2) is 5.64. The zero-order valence-electron chi connectivity index (χ0n) is 12.2. The fraction of sp³-hybridized carbons (Fsp3) is 0.533. The lowest BCUT2D eigenvalue weighted by atomic mass is 9.97. The number of aliphatic hydroxyl groups excluding tert-OH is 1. The van der Waals surface area contributed by atoms with Gasteiger partial charge in [-0.2, -0.15) is 0 Å². The minimum atomic E-state index is -3.73. The highest BCUT2D eigenvalue weighted by Crippen LogP contribution is 2.41. The highest BCUT2D eigenvalue weighted by atomic mass is 32.2. The fourth-order valence-electron chi connectivity index (χ4n) is 3.39. The zero-order valence-corrected chi connectivity index (χ0v) is 13.0. The first-order valence-corrected chi connectivity index (χ1v) is 8.77. The van der Waals surface area contributed by atoms with Crippen molar-refractivity contribution in [3.05, 3.63) is 29.8 Å². The van der Waals surface area contributed by atoms with Gasteiger partial charge in [0, 0.05) is 18.6 Å². The molecule has 3 rings (SSSR count). The molecular weight excluding hydrogens is 306 g/mol. The van der Waals surface area contributed by atoms with E-state index in [1.54, 1.807) is 12.1 Å². The van der Waals surface area contributed by atoms with E-state index in [9.17, 15) is 18.3 Å². The standard InChI is InChI=1S/C15H19NO5S/c1-9-2-4-12(5-3-9)22(19,20)16-14-10(7-17)6-11-8-21-15(18)13(11)14/h2-5,10-11,13-14,16-17H,6-8H2,1H3/t10-,11+,13-,14-/m1/s1. The monoisotopic (exact) mass is 325 g/mol. The van der Waals surface area contributed by atoms with Gasteiger partial charge in [0.15, 0.2) is 0 Å². The number of aryl methyl sites for hydroxylation is 1. The molecule has 7 heteroatoms. The summed E-state index contributed by atoms with van der Waals surface area (Å²) in [4.78, 5) is 12.0. The first kappa shape index (κ1) is 15.5. The molecule has 1 saturated heterocycles. The Bertz CT molecular complexity index is 670. The number of cyclic esters (lactones) is 1. The summed E-state index contributed by atoms with van der Waals surface area (Å²) in [5.74, 6) is -1.16. The van der Waals surface area contributed by atoms with Gasteiger partial charge < -0.3 is 9.84 Å². The quantitative estimate of drug-likeness (QED) is 0.784. The second-order valence-electron chi connectivity index (χ2n) is 6.05. The maximum absolute atomic E-state index is 12.5. The van der Waals surface area contributed by atoms with Crippen molar-refractivity contribution in [1.29, 1.82) is 0 Å². The number of ether oxygens (including phenoxy) is 1. The summed E-state index contributed by atoms with van der Waals surface area (Å²) < 4.78 is 32.7. The summed E-state index contributed by atoms with van der Waals surface area (Å²) in [5.41, 5.74) is 0.965. The topological polar surface area (TPSA) is 92.7 Å². The van der Waals surface area contributed by atoms with Gasteiger partial charge in [0.25, 0.3) is 0 Å². The Labute approximate surface area is 129 Å². The molecule has 2 fully saturated rings. The number of sulfonamides is 1. The maximum atomic E-state index is 12.5. The van der Waals surface area contributed by atoms with Gasteiger partial charge in [-0.15, -0.1) is 0 Å². The molecule has 0 radical (unpaired) electrons. The van der Waals surface area contributed by atoms with Gasteiger partial charge in [0.05, 0.1) is 17.4 Å². The number of fused-ring (bicyclic) bond motifs is 1. The average Bonchev–Trinajstić information content (AvgIpc) is 3.00. The van der Waals surface area contributed by atoms with Crippen LogP contribution in [0, 0.1) is 24.7 Å². The van der Waals surface area contributed by atoms with Gasteiger partial charge in [0.1, 0.15) is 0 Å². The first-order valence-electron chi connectivity index (χ1n) is 7.29. The van der Waals surface area contributed by atoms with Crippen molar-refractivity contribution in [2.45, 2.75) is 24.3 Å². The van der Waals surface area contributed by atoms with E-state index in [2.05, 4.69) is 4.72 Å². The van der Waals surface area contributed by atoms with Gasteiger partial charge in [0.2, 0.25) is 10.0 Å². The second-order valence-corrected chi connectivity index (χ2v) is 7.77. The van der Waals surface area contributed by atoms with Gasteiger partial charge >= 0.3 is 5.97 Å². The normalized spacial score (nSPS) is 31.1. The van der Waals surface area contributed by atoms with Crippen LogP contribution in [-0.2, 0) is 19.6 Å². The Balaban J connectivity index is 1.86.